The van der Waals surface area contributed by atoms with Crippen molar-refractivity contribution in [1.29, 1.82) is 0 Å². The van der Waals surface area contributed by atoms with Crippen molar-refractivity contribution in [3.05, 3.63) is 57.6 Å². The van der Waals surface area contributed by atoms with E-state index in [-0.39, 0.29) is 5.41 Å². The molecule has 2 N–H and O–H groups in total. The van der Waals surface area contributed by atoms with Gasteiger partial charge in [0.25, 0.3) is 0 Å². The Morgan fingerprint density at radius 2 is 1.07 bits per heavy atom. The minimum absolute atomic E-state index is 0.0472. The maximum Gasteiger partial charge on any atom is 0.118 e. The molecule has 1 aliphatic rings. The predicted molar refractivity (Wildman–Crippen MR) is 118 cm³/mol. The van der Waals surface area contributed by atoms with Crippen LogP contribution in [0, 0.1) is 13.8 Å². The molecule has 0 spiro atoms. The Morgan fingerprint density at radius 3 is 1.43 bits per heavy atom. The summed E-state index contributed by atoms with van der Waals surface area (Å²) in [4.78, 5) is 0. The monoisotopic (exact) mass is 380 g/mol. The second-order valence-electron chi connectivity index (χ2n) is 9.40. The summed E-state index contributed by atoms with van der Waals surface area (Å²) in [5.41, 5.74) is 7.12. The van der Waals surface area contributed by atoms with E-state index < -0.39 is 0 Å². The molecular weight excluding hydrogens is 344 g/mol. The quantitative estimate of drug-likeness (QED) is 0.588. The maximum absolute atomic E-state index is 10.4. The van der Waals surface area contributed by atoms with E-state index in [1.165, 1.54) is 41.5 Å². The van der Waals surface area contributed by atoms with Crippen molar-refractivity contribution in [2.75, 3.05) is 0 Å². The molecule has 1 saturated carbocycles. The Kier molecular flexibility index (Phi) is 5.79. The molecule has 0 unspecified atom stereocenters. The van der Waals surface area contributed by atoms with Gasteiger partial charge >= 0.3 is 0 Å². The highest BCUT2D eigenvalue weighted by Crippen LogP contribution is 2.51. The lowest BCUT2D eigenvalue weighted by Gasteiger charge is -2.42. The number of hydrogen-bond donors (Lipinski definition) is 2. The third-order valence-electron chi connectivity index (χ3n) is 6.72. The lowest BCUT2D eigenvalue weighted by Crippen LogP contribution is -2.33. The molecule has 152 valence electrons. The summed E-state index contributed by atoms with van der Waals surface area (Å²) in [5.74, 6) is 1.48. The van der Waals surface area contributed by atoms with Crippen molar-refractivity contribution >= 4 is 0 Å². The molecule has 2 nitrogen and oxygen atoms in total. The van der Waals surface area contributed by atoms with Gasteiger partial charge in [-0.05, 0) is 84.0 Å². The number of hydrogen-bond acceptors (Lipinski definition) is 2. The summed E-state index contributed by atoms with van der Waals surface area (Å²) >= 11 is 0. The van der Waals surface area contributed by atoms with Crippen LogP contribution in [-0.4, -0.2) is 10.2 Å². The van der Waals surface area contributed by atoms with Gasteiger partial charge in [-0.25, -0.2) is 0 Å². The lowest BCUT2D eigenvalue weighted by molar-refractivity contribution is 0.339. The summed E-state index contributed by atoms with van der Waals surface area (Å²) in [6.07, 6.45) is 5.97. The van der Waals surface area contributed by atoms with Crippen LogP contribution in [0.1, 0.15) is 105 Å². The van der Waals surface area contributed by atoms with Gasteiger partial charge in [0.05, 0.1) is 0 Å². The molecule has 0 atom stereocenters. The van der Waals surface area contributed by atoms with Gasteiger partial charge in [-0.15, -0.1) is 0 Å². The average molecular weight is 381 g/mol. The van der Waals surface area contributed by atoms with Crippen molar-refractivity contribution in [1.82, 2.24) is 0 Å². The third-order valence-corrected chi connectivity index (χ3v) is 6.72. The Balaban J connectivity index is 2.37. The Bertz CT molecular complexity index is 790. The summed E-state index contributed by atoms with van der Waals surface area (Å²) in [6, 6.07) is 8.46. The van der Waals surface area contributed by atoms with Crippen molar-refractivity contribution in [3.63, 3.8) is 0 Å². The summed E-state index contributed by atoms with van der Waals surface area (Å²) in [7, 11) is 0. The van der Waals surface area contributed by atoms with E-state index in [1.54, 1.807) is 0 Å². The van der Waals surface area contributed by atoms with E-state index in [2.05, 4.69) is 39.8 Å². The molecule has 2 aromatic carbocycles. The summed E-state index contributed by atoms with van der Waals surface area (Å²) in [6.45, 7) is 12.9. The van der Waals surface area contributed by atoms with Gasteiger partial charge in [0.1, 0.15) is 11.5 Å². The van der Waals surface area contributed by atoms with Gasteiger partial charge in [-0.1, -0.05) is 59.1 Å². The number of phenols is 2. The molecular formula is C26H36O2. The van der Waals surface area contributed by atoms with Gasteiger partial charge in [-0.2, -0.15) is 0 Å². The van der Waals surface area contributed by atoms with Crippen molar-refractivity contribution in [2.24, 2.45) is 0 Å². The Morgan fingerprint density at radius 1 is 0.679 bits per heavy atom. The number of phenolic OH excluding ortho intramolecular Hbond substituents is 2. The second kappa shape index (κ2) is 7.81. The molecule has 2 aromatic rings. The fourth-order valence-electron chi connectivity index (χ4n) is 5.05. The first-order valence-electron chi connectivity index (χ1n) is 10.9. The molecule has 28 heavy (non-hydrogen) atoms. The average Bonchev–Trinajstić information content (AvgIpc) is 2.65. The third kappa shape index (κ3) is 3.54. The van der Waals surface area contributed by atoms with Crippen molar-refractivity contribution in [2.45, 2.75) is 90.9 Å². The van der Waals surface area contributed by atoms with E-state index in [0.717, 1.165) is 24.0 Å². The molecule has 1 fully saturated rings. The molecule has 0 aromatic heterocycles. The molecule has 3 rings (SSSR count). The number of aromatic hydroxyl groups is 2. The summed E-state index contributed by atoms with van der Waals surface area (Å²) in [5, 5.41) is 20.8. The standard InChI is InChI=1S/C26H36O2/c1-16(2)20-14-24(27)18(5)12-22(20)26(10-8-7-9-11-26)23-13-19(6)25(28)15-21(23)17(3)4/h12-17,27-28H,7-11H2,1-6H3. The largest absolute Gasteiger partial charge is 0.508 e. The highest BCUT2D eigenvalue weighted by atomic mass is 16.3. The van der Waals surface area contributed by atoms with Gasteiger partial charge in [0.15, 0.2) is 0 Å². The first-order valence-corrected chi connectivity index (χ1v) is 10.9. The smallest absolute Gasteiger partial charge is 0.118 e. The molecule has 0 heterocycles. The van der Waals surface area contributed by atoms with E-state index in [9.17, 15) is 10.2 Å². The molecule has 1 aliphatic carbocycles. The van der Waals surface area contributed by atoms with Crippen LogP contribution in [0.25, 0.3) is 0 Å². The Labute approximate surface area is 170 Å². The number of aryl methyl sites for hydroxylation is 2. The van der Waals surface area contributed by atoms with Crippen molar-refractivity contribution in [3.8, 4) is 11.5 Å². The highest BCUT2D eigenvalue weighted by Gasteiger charge is 2.40. The van der Waals surface area contributed by atoms with Crippen LogP contribution in [0.2, 0.25) is 0 Å². The minimum atomic E-state index is -0.0472. The zero-order chi connectivity index (χ0) is 20.6. The van der Waals surface area contributed by atoms with Crippen LogP contribution >= 0.6 is 0 Å². The predicted octanol–water partition coefficient (Wildman–Crippen LogP) is 7.21. The van der Waals surface area contributed by atoms with E-state index in [0.29, 0.717) is 23.3 Å². The SMILES string of the molecule is Cc1cc(C2(c3cc(C)c(O)cc3C(C)C)CCCCC2)c(C(C)C)cc1O. The highest BCUT2D eigenvalue weighted by molar-refractivity contribution is 5.55. The van der Waals surface area contributed by atoms with Gasteiger partial charge in [0.2, 0.25) is 0 Å². The molecule has 2 heteroatoms. The van der Waals surface area contributed by atoms with Crippen LogP contribution in [0.3, 0.4) is 0 Å². The van der Waals surface area contributed by atoms with E-state index in [1.807, 2.05) is 26.0 Å². The van der Waals surface area contributed by atoms with Crippen LogP contribution in [0.4, 0.5) is 0 Å². The summed E-state index contributed by atoms with van der Waals surface area (Å²) < 4.78 is 0. The van der Waals surface area contributed by atoms with Crippen LogP contribution < -0.4 is 0 Å². The zero-order valence-electron chi connectivity index (χ0n) is 18.4. The number of rotatable bonds is 4. The van der Waals surface area contributed by atoms with E-state index in [4.69, 9.17) is 0 Å². The molecule has 0 saturated heterocycles. The van der Waals surface area contributed by atoms with Gasteiger partial charge in [0, 0.05) is 5.41 Å². The molecule has 0 radical (unpaired) electrons. The fraction of sp³-hybridized carbons (Fsp3) is 0.538. The lowest BCUT2D eigenvalue weighted by atomic mass is 9.61. The van der Waals surface area contributed by atoms with Crippen molar-refractivity contribution < 1.29 is 10.2 Å². The topological polar surface area (TPSA) is 40.5 Å². The first-order chi connectivity index (χ1) is 13.2. The minimum Gasteiger partial charge on any atom is -0.508 e. The Hall–Kier alpha value is -1.96. The van der Waals surface area contributed by atoms with Crippen LogP contribution in [0.15, 0.2) is 24.3 Å². The zero-order valence-corrected chi connectivity index (χ0v) is 18.4. The molecule has 0 amide bonds. The fourth-order valence-corrected chi connectivity index (χ4v) is 5.05. The number of benzene rings is 2. The molecule has 0 aliphatic heterocycles. The van der Waals surface area contributed by atoms with Gasteiger partial charge < -0.3 is 10.2 Å². The first kappa shape index (κ1) is 20.8. The van der Waals surface area contributed by atoms with Crippen LogP contribution in [0.5, 0.6) is 11.5 Å². The molecule has 0 bridgehead atoms. The maximum atomic E-state index is 10.4. The normalized spacial score (nSPS) is 16.7. The second-order valence-corrected chi connectivity index (χ2v) is 9.40. The van der Waals surface area contributed by atoms with E-state index >= 15 is 0 Å². The van der Waals surface area contributed by atoms with Crippen LogP contribution in [-0.2, 0) is 5.41 Å². The van der Waals surface area contributed by atoms with Gasteiger partial charge in [-0.3, -0.25) is 0 Å².